The molecule has 2 nitrogen and oxygen atoms in total. The summed E-state index contributed by atoms with van der Waals surface area (Å²) in [5.74, 6) is 0. The molecule has 0 N–H and O–H groups in total. The van der Waals surface area contributed by atoms with Crippen molar-refractivity contribution < 1.29 is 0 Å². The molecule has 0 spiro atoms. The van der Waals surface area contributed by atoms with Gasteiger partial charge in [0.05, 0.1) is 0 Å². The smallest absolute Gasteiger partial charge is 0.0243 e. The lowest BCUT2D eigenvalue weighted by Crippen LogP contribution is -2.24. The van der Waals surface area contributed by atoms with Crippen LogP contribution in [0.1, 0.15) is 36.1 Å². The first kappa shape index (κ1) is 10.3. The van der Waals surface area contributed by atoms with Gasteiger partial charge in [0.25, 0.3) is 0 Å². The van der Waals surface area contributed by atoms with Crippen molar-refractivity contribution in [1.82, 2.24) is 9.80 Å². The van der Waals surface area contributed by atoms with Crippen LogP contribution in [0.2, 0.25) is 0 Å². The van der Waals surface area contributed by atoms with Gasteiger partial charge in [0, 0.05) is 32.2 Å². The molecule has 0 saturated heterocycles. The molecule has 0 saturated carbocycles. The summed E-state index contributed by atoms with van der Waals surface area (Å²) in [7, 11) is 2.20. The zero-order chi connectivity index (χ0) is 11.3. The number of benzene rings is 1. The molecule has 1 aromatic rings. The Morgan fingerprint density at radius 1 is 0.875 bits per heavy atom. The van der Waals surface area contributed by atoms with Gasteiger partial charge in [-0.1, -0.05) is 12.1 Å². The quantitative estimate of drug-likeness (QED) is 0.711. The SMILES string of the molecule is CC(C)N1Cc2cc3c(cc2C1)CN(C)C3. The fraction of sp³-hybridized carbons (Fsp3) is 0.571. The highest BCUT2D eigenvalue weighted by molar-refractivity contribution is 5.42. The number of hydrogen-bond acceptors (Lipinski definition) is 2. The van der Waals surface area contributed by atoms with Crippen molar-refractivity contribution in [3.8, 4) is 0 Å². The van der Waals surface area contributed by atoms with Crippen LogP contribution in [-0.2, 0) is 26.2 Å². The molecule has 0 amide bonds. The third kappa shape index (κ3) is 1.57. The minimum atomic E-state index is 0.657. The third-order valence-corrected chi connectivity index (χ3v) is 3.88. The van der Waals surface area contributed by atoms with E-state index in [1.54, 1.807) is 22.3 Å². The Bertz CT molecular complexity index is 388. The van der Waals surface area contributed by atoms with E-state index in [9.17, 15) is 0 Å². The average molecular weight is 216 g/mol. The van der Waals surface area contributed by atoms with Crippen LogP contribution in [0.3, 0.4) is 0 Å². The Labute approximate surface area is 97.9 Å². The van der Waals surface area contributed by atoms with Crippen molar-refractivity contribution in [2.24, 2.45) is 0 Å². The molecule has 2 heterocycles. The maximum absolute atomic E-state index is 2.55. The second-order valence-corrected chi connectivity index (χ2v) is 5.56. The molecule has 16 heavy (non-hydrogen) atoms. The van der Waals surface area contributed by atoms with Crippen LogP contribution in [0.4, 0.5) is 0 Å². The van der Waals surface area contributed by atoms with Gasteiger partial charge in [-0.3, -0.25) is 9.80 Å². The van der Waals surface area contributed by atoms with Crippen molar-refractivity contribution in [3.63, 3.8) is 0 Å². The van der Waals surface area contributed by atoms with Crippen molar-refractivity contribution in [1.29, 1.82) is 0 Å². The molecule has 2 aliphatic heterocycles. The van der Waals surface area contributed by atoms with Crippen LogP contribution in [-0.4, -0.2) is 22.9 Å². The van der Waals surface area contributed by atoms with E-state index in [-0.39, 0.29) is 0 Å². The first-order chi connectivity index (χ1) is 7.63. The van der Waals surface area contributed by atoms with Gasteiger partial charge in [-0.15, -0.1) is 0 Å². The highest BCUT2D eigenvalue weighted by Gasteiger charge is 2.25. The topological polar surface area (TPSA) is 6.48 Å². The summed E-state index contributed by atoms with van der Waals surface area (Å²) in [5, 5.41) is 0. The Kier molecular flexibility index (Phi) is 2.30. The van der Waals surface area contributed by atoms with Gasteiger partial charge in [-0.25, -0.2) is 0 Å². The molecular formula is C14H20N2. The van der Waals surface area contributed by atoms with Crippen LogP contribution in [0, 0.1) is 0 Å². The molecule has 3 rings (SSSR count). The molecule has 0 atom stereocenters. The van der Waals surface area contributed by atoms with Gasteiger partial charge in [0.15, 0.2) is 0 Å². The number of hydrogen-bond donors (Lipinski definition) is 0. The normalized spacial score (nSPS) is 20.5. The van der Waals surface area contributed by atoms with Gasteiger partial charge in [0.1, 0.15) is 0 Å². The van der Waals surface area contributed by atoms with Gasteiger partial charge < -0.3 is 0 Å². The number of nitrogens with zero attached hydrogens (tertiary/aromatic N) is 2. The van der Waals surface area contributed by atoms with Gasteiger partial charge in [-0.05, 0) is 43.1 Å². The van der Waals surface area contributed by atoms with Crippen molar-refractivity contribution in [3.05, 3.63) is 34.4 Å². The van der Waals surface area contributed by atoms with Gasteiger partial charge in [0.2, 0.25) is 0 Å². The second-order valence-electron chi connectivity index (χ2n) is 5.56. The Morgan fingerprint density at radius 3 is 1.75 bits per heavy atom. The van der Waals surface area contributed by atoms with E-state index in [2.05, 4.69) is 42.8 Å². The summed E-state index contributed by atoms with van der Waals surface area (Å²) >= 11 is 0. The van der Waals surface area contributed by atoms with E-state index in [1.807, 2.05) is 0 Å². The zero-order valence-electron chi connectivity index (χ0n) is 10.5. The monoisotopic (exact) mass is 216 g/mol. The van der Waals surface area contributed by atoms with Crippen molar-refractivity contribution in [2.75, 3.05) is 7.05 Å². The van der Waals surface area contributed by atoms with E-state index in [1.165, 1.54) is 0 Å². The lowest BCUT2D eigenvalue weighted by atomic mass is 10.0. The highest BCUT2D eigenvalue weighted by Crippen LogP contribution is 2.31. The minimum absolute atomic E-state index is 0.657. The first-order valence-electron chi connectivity index (χ1n) is 6.19. The van der Waals surface area contributed by atoms with E-state index < -0.39 is 0 Å². The number of rotatable bonds is 1. The number of fused-ring (bicyclic) bond motifs is 2. The molecule has 2 aliphatic rings. The molecular weight excluding hydrogens is 196 g/mol. The summed E-state index contributed by atoms with van der Waals surface area (Å²) in [6.45, 7) is 9.11. The molecule has 86 valence electrons. The average Bonchev–Trinajstić information content (AvgIpc) is 2.74. The first-order valence-corrected chi connectivity index (χ1v) is 6.19. The molecule has 0 unspecified atom stereocenters. The van der Waals surface area contributed by atoms with Crippen LogP contribution < -0.4 is 0 Å². The Balaban J connectivity index is 1.92. The van der Waals surface area contributed by atoms with Crippen LogP contribution in [0.15, 0.2) is 12.1 Å². The van der Waals surface area contributed by atoms with E-state index in [0.717, 1.165) is 26.2 Å². The van der Waals surface area contributed by atoms with E-state index >= 15 is 0 Å². The maximum atomic E-state index is 2.55. The lowest BCUT2D eigenvalue weighted by molar-refractivity contribution is 0.227. The Hall–Kier alpha value is -0.860. The summed E-state index contributed by atoms with van der Waals surface area (Å²) in [4.78, 5) is 4.93. The van der Waals surface area contributed by atoms with Crippen LogP contribution in [0.25, 0.3) is 0 Å². The maximum Gasteiger partial charge on any atom is 0.0243 e. The lowest BCUT2D eigenvalue weighted by Gasteiger charge is -2.18. The predicted molar refractivity (Wildman–Crippen MR) is 66.0 cm³/mol. The second kappa shape index (κ2) is 3.57. The standard InChI is InChI=1S/C14H20N2/c1-10(2)16-8-13-4-11-6-15(3)7-12(11)5-14(13)9-16/h4-5,10H,6-9H2,1-3H3. The molecule has 0 aromatic heterocycles. The fourth-order valence-corrected chi connectivity index (χ4v) is 2.88. The highest BCUT2D eigenvalue weighted by atomic mass is 15.2. The molecule has 0 aliphatic carbocycles. The molecule has 0 radical (unpaired) electrons. The third-order valence-electron chi connectivity index (χ3n) is 3.88. The van der Waals surface area contributed by atoms with Gasteiger partial charge >= 0.3 is 0 Å². The zero-order valence-corrected chi connectivity index (χ0v) is 10.5. The Morgan fingerprint density at radius 2 is 1.31 bits per heavy atom. The fourth-order valence-electron chi connectivity index (χ4n) is 2.88. The summed E-state index contributed by atoms with van der Waals surface area (Å²) in [6, 6.07) is 5.54. The molecule has 0 bridgehead atoms. The summed E-state index contributed by atoms with van der Waals surface area (Å²) < 4.78 is 0. The van der Waals surface area contributed by atoms with Crippen LogP contribution in [0.5, 0.6) is 0 Å². The van der Waals surface area contributed by atoms with Crippen molar-refractivity contribution >= 4 is 0 Å². The summed E-state index contributed by atoms with van der Waals surface area (Å²) in [5.41, 5.74) is 6.21. The molecule has 1 aromatic carbocycles. The molecule has 2 heteroatoms. The van der Waals surface area contributed by atoms with E-state index in [0.29, 0.717) is 6.04 Å². The largest absolute Gasteiger partial charge is 0.298 e. The van der Waals surface area contributed by atoms with Crippen LogP contribution >= 0.6 is 0 Å². The van der Waals surface area contributed by atoms with Gasteiger partial charge in [-0.2, -0.15) is 0 Å². The predicted octanol–water partition coefficient (Wildman–Crippen LogP) is 2.36. The summed E-state index contributed by atoms with van der Waals surface area (Å²) in [6.07, 6.45) is 0. The van der Waals surface area contributed by atoms with E-state index in [4.69, 9.17) is 0 Å². The minimum Gasteiger partial charge on any atom is -0.298 e. The van der Waals surface area contributed by atoms with Crippen molar-refractivity contribution in [2.45, 2.75) is 46.1 Å². The molecule has 0 fully saturated rings.